The molecule has 0 spiro atoms. The summed E-state index contributed by atoms with van der Waals surface area (Å²) in [5.74, 6) is 0.752. The van der Waals surface area contributed by atoms with Crippen molar-refractivity contribution in [2.24, 2.45) is 0 Å². The molecule has 0 radical (unpaired) electrons. The smallest absolute Gasteiger partial charge is 0.144 e. The first kappa shape index (κ1) is 14.4. The Hall–Kier alpha value is -0.970. The fraction of sp³-hybridized carbons (Fsp3) is 0.286. The molecular formula is C14H15BrClN3. The summed E-state index contributed by atoms with van der Waals surface area (Å²) < 4.78 is 1.09. The summed E-state index contributed by atoms with van der Waals surface area (Å²) in [5, 5.41) is 0.498. The molecule has 0 aliphatic carbocycles. The van der Waals surface area contributed by atoms with Crippen molar-refractivity contribution in [3.63, 3.8) is 0 Å². The molecule has 19 heavy (non-hydrogen) atoms. The predicted molar refractivity (Wildman–Crippen MR) is 81.1 cm³/mol. The van der Waals surface area contributed by atoms with Crippen molar-refractivity contribution < 1.29 is 0 Å². The second kappa shape index (κ2) is 6.46. The van der Waals surface area contributed by atoms with Crippen molar-refractivity contribution in [1.82, 2.24) is 14.9 Å². The molecule has 0 bridgehead atoms. The average molecular weight is 341 g/mol. The molecule has 0 atom stereocenters. The molecule has 0 unspecified atom stereocenters. The molecule has 0 saturated heterocycles. The van der Waals surface area contributed by atoms with E-state index in [1.807, 2.05) is 26.1 Å². The first-order chi connectivity index (χ1) is 9.02. The van der Waals surface area contributed by atoms with Crippen LogP contribution in [0.3, 0.4) is 0 Å². The van der Waals surface area contributed by atoms with Gasteiger partial charge in [0.05, 0.1) is 6.54 Å². The molecule has 2 rings (SSSR count). The van der Waals surface area contributed by atoms with Crippen molar-refractivity contribution in [1.29, 1.82) is 0 Å². The fourth-order valence-electron chi connectivity index (χ4n) is 1.90. The van der Waals surface area contributed by atoms with Gasteiger partial charge >= 0.3 is 0 Å². The van der Waals surface area contributed by atoms with E-state index < -0.39 is 0 Å². The van der Waals surface area contributed by atoms with Crippen LogP contribution in [0.1, 0.15) is 17.1 Å². The summed E-state index contributed by atoms with van der Waals surface area (Å²) in [5.41, 5.74) is 2.14. The lowest BCUT2D eigenvalue weighted by Gasteiger charge is -2.16. The minimum absolute atomic E-state index is 0.498. The molecule has 0 amide bonds. The molecule has 0 N–H and O–H groups in total. The lowest BCUT2D eigenvalue weighted by atomic mass is 10.2. The van der Waals surface area contributed by atoms with Crippen LogP contribution in [0, 0.1) is 6.92 Å². The van der Waals surface area contributed by atoms with Gasteiger partial charge in [-0.15, -0.1) is 0 Å². The van der Waals surface area contributed by atoms with Crippen LogP contribution in [-0.4, -0.2) is 21.9 Å². The largest absolute Gasteiger partial charge is 0.295 e. The van der Waals surface area contributed by atoms with Crippen LogP contribution < -0.4 is 0 Å². The van der Waals surface area contributed by atoms with Gasteiger partial charge in [0.1, 0.15) is 11.0 Å². The maximum absolute atomic E-state index is 5.94. The Labute approximate surface area is 126 Å². The van der Waals surface area contributed by atoms with Gasteiger partial charge in [-0.2, -0.15) is 0 Å². The van der Waals surface area contributed by atoms with E-state index in [1.54, 1.807) is 6.07 Å². The van der Waals surface area contributed by atoms with E-state index in [0.29, 0.717) is 11.7 Å². The Balaban J connectivity index is 2.03. The van der Waals surface area contributed by atoms with Crippen LogP contribution in [-0.2, 0) is 13.1 Å². The molecule has 2 aromatic rings. The highest BCUT2D eigenvalue weighted by molar-refractivity contribution is 9.10. The van der Waals surface area contributed by atoms with Crippen molar-refractivity contribution in [3.8, 4) is 0 Å². The van der Waals surface area contributed by atoms with Crippen LogP contribution in [0.4, 0.5) is 0 Å². The third-order valence-electron chi connectivity index (χ3n) is 2.62. The second-order valence-electron chi connectivity index (χ2n) is 4.55. The molecule has 100 valence electrons. The van der Waals surface area contributed by atoms with Crippen LogP contribution in [0.2, 0.25) is 5.15 Å². The van der Waals surface area contributed by atoms with Gasteiger partial charge in [0, 0.05) is 16.7 Å². The second-order valence-corrected chi connectivity index (χ2v) is 5.85. The van der Waals surface area contributed by atoms with Gasteiger partial charge in [-0.25, -0.2) is 9.97 Å². The Morgan fingerprint density at radius 2 is 2.00 bits per heavy atom. The Morgan fingerprint density at radius 1 is 1.21 bits per heavy atom. The molecule has 5 heteroatoms. The Morgan fingerprint density at radius 3 is 2.68 bits per heavy atom. The number of nitrogens with zero attached hydrogens (tertiary/aromatic N) is 3. The number of hydrogen-bond donors (Lipinski definition) is 0. The molecule has 0 saturated carbocycles. The highest BCUT2D eigenvalue weighted by Gasteiger charge is 2.06. The molecule has 3 nitrogen and oxygen atoms in total. The molecule has 0 aliphatic heterocycles. The number of rotatable bonds is 4. The van der Waals surface area contributed by atoms with E-state index in [9.17, 15) is 0 Å². The van der Waals surface area contributed by atoms with Crippen LogP contribution >= 0.6 is 27.5 Å². The first-order valence-corrected chi connectivity index (χ1v) is 7.13. The summed E-state index contributed by atoms with van der Waals surface area (Å²) in [6.45, 7) is 3.44. The van der Waals surface area contributed by atoms with Gasteiger partial charge < -0.3 is 0 Å². The maximum Gasteiger partial charge on any atom is 0.144 e. The van der Waals surface area contributed by atoms with E-state index in [1.165, 1.54) is 5.56 Å². The van der Waals surface area contributed by atoms with Gasteiger partial charge in [0.2, 0.25) is 0 Å². The summed E-state index contributed by atoms with van der Waals surface area (Å²) in [7, 11) is 2.04. The average Bonchev–Trinajstić information content (AvgIpc) is 2.26. The lowest BCUT2D eigenvalue weighted by molar-refractivity contribution is 0.310. The molecule has 1 aromatic heterocycles. The van der Waals surface area contributed by atoms with E-state index in [0.717, 1.165) is 22.5 Å². The van der Waals surface area contributed by atoms with Crippen molar-refractivity contribution in [2.45, 2.75) is 20.0 Å². The van der Waals surface area contributed by atoms with Gasteiger partial charge in [-0.05, 0) is 37.7 Å². The third kappa shape index (κ3) is 4.56. The summed E-state index contributed by atoms with van der Waals surface area (Å²) in [4.78, 5) is 10.8. The molecule has 0 aliphatic rings. The highest BCUT2D eigenvalue weighted by atomic mass is 79.9. The molecule has 1 heterocycles. The van der Waals surface area contributed by atoms with Crippen molar-refractivity contribution in [2.75, 3.05) is 7.05 Å². The monoisotopic (exact) mass is 339 g/mol. The van der Waals surface area contributed by atoms with Gasteiger partial charge in [-0.1, -0.05) is 39.7 Å². The zero-order valence-corrected chi connectivity index (χ0v) is 13.2. The van der Waals surface area contributed by atoms with Crippen LogP contribution in [0.25, 0.3) is 0 Å². The topological polar surface area (TPSA) is 29.0 Å². The van der Waals surface area contributed by atoms with Crippen molar-refractivity contribution >= 4 is 27.5 Å². The SMILES string of the molecule is Cc1cc(Cl)nc(CN(C)Cc2cccc(Br)c2)n1. The Kier molecular flexibility index (Phi) is 4.91. The number of benzene rings is 1. The summed E-state index contributed by atoms with van der Waals surface area (Å²) in [6.07, 6.45) is 0. The quantitative estimate of drug-likeness (QED) is 0.792. The Bertz CT molecular complexity index is 554. The minimum Gasteiger partial charge on any atom is -0.295 e. The number of halogens is 2. The number of aryl methyl sites for hydroxylation is 1. The first-order valence-electron chi connectivity index (χ1n) is 5.96. The third-order valence-corrected chi connectivity index (χ3v) is 3.31. The number of aromatic nitrogens is 2. The van der Waals surface area contributed by atoms with Crippen LogP contribution in [0.5, 0.6) is 0 Å². The van der Waals surface area contributed by atoms with Crippen LogP contribution in [0.15, 0.2) is 34.8 Å². The standard InChI is InChI=1S/C14H15BrClN3/c1-10-6-13(16)18-14(17-10)9-19(2)8-11-4-3-5-12(15)7-11/h3-7H,8-9H2,1-2H3. The van der Waals surface area contributed by atoms with E-state index >= 15 is 0 Å². The molecule has 0 fully saturated rings. The maximum atomic E-state index is 5.94. The van der Waals surface area contributed by atoms with Crippen molar-refractivity contribution in [3.05, 3.63) is 57.0 Å². The normalized spacial score (nSPS) is 11.0. The van der Waals surface area contributed by atoms with Gasteiger partial charge in [0.25, 0.3) is 0 Å². The van der Waals surface area contributed by atoms with E-state index in [4.69, 9.17) is 11.6 Å². The van der Waals surface area contributed by atoms with E-state index in [-0.39, 0.29) is 0 Å². The van der Waals surface area contributed by atoms with Gasteiger partial charge in [-0.3, -0.25) is 4.90 Å². The minimum atomic E-state index is 0.498. The van der Waals surface area contributed by atoms with E-state index in [2.05, 4.69) is 42.9 Å². The summed E-state index contributed by atoms with van der Waals surface area (Å²) in [6, 6.07) is 10.0. The predicted octanol–water partition coefficient (Wildman–Crippen LogP) is 3.83. The highest BCUT2D eigenvalue weighted by Crippen LogP contribution is 2.14. The zero-order valence-electron chi connectivity index (χ0n) is 10.9. The number of hydrogen-bond acceptors (Lipinski definition) is 3. The summed E-state index contributed by atoms with van der Waals surface area (Å²) >= 11 is 9.42. The zero-order chi connectivity index (χ0) is 13.8. The molecule has 1 aromatic carbocycles. The van der Waals surface area contributed by atoms with Gasteiger partial charge in [0.15, 0.2) is 0 Å². The fourth-order valence-corrected chi connectivity index (χ4v) is 2.61. The lowest BCUT2D eigenvalue weighted by Crippen LogP contribution is -2.19. The molecular weight excluding hydrogens is 326 g/mol.